The number of amides is 1. The van der Waals surface area contributed by atoms with Crippen LogP contribution in [0.25, 0.3) is 11.0 Å². The third kappa shape index (κ3) is 2.55. The average Bonchev–Trinajstić information content (AvgIpc) is 2.66. The van der Waals surface area contributed by atoms with E-state index in [1.807, 2.05) is 12.1 Å². The molecule has 5 heteroatoms. The number of anilines is 1. The molecule has 0 atom stereocenters. The lowest BCUT2D eigenvalue weighted by atomic mass is 10.1. The second-order valence-electron chi connectivity index (χ2n) is 3.49. The van der Waals surface area contributed by atoms with Crippen molar-refractivity contribution in [2.45, 2.75) is 6.92 Å². The Bertz CT molecular complexity index is 619. The second-order valence-corrected chi connectivity index (χ2v) is 3.49. The summed E-state index contributed by atoms with van der Waals surface area (Å²) in [7, 11) is 0. The first-order valence-electron chi connectivity index (χ1n) is 5.05. The highest BCUT2D eigenvalue weighted by Crippen LogP contribution is 2.20. The van der Waals surface area contributed by atoms with Crippen LogP contribution in [0, 0.1) is 11.8 Å². The maximum Gasteiger partial charge on any atom is 0.217 e. The summed E-state index contributed by atoms with van der Waals surface area (Å²) in [5.41, 5.74) is 7.07. The molecule has 0 aliphatic carbocycles. The lowest BCUT2D eigenvalue weighted by Crippen LogP contribution is -2.19. The average molecular weight is 229 g/mol. The number of nitrogens with one attached hydrogen (secondary N) is 1. The summed E-state index contributed by atoms with van der Waals surface area (Å²) in [4.78, 5) is 10.6. The summed E-state index contributed by atoms with van der Waals surface area (Å²) in [6.45, 7) is 1.78. The van der Waals surface area contributed by atoms with Crippen LogP contribution in [0.4, 0.5) is 5.82 Å². The monoisotopic (exact) mass is 229 g/mol. The SMILES string of the molecule is CC(=O)NCC#Cc1ccc2onc(N)c2c1. The highest BCUT2D eigenvalue weighted by atomic mass is 16.5. The van der Waals surface area contributed by atoms with Crippen molar-refractivity contribution < 1.29 is 9.32 Å². The number of benzene rings is 1. The summed E-state index contributed by atoms with van der Waals surface area (Å²) in [6, 6.07) is 5.39. The van der Waals surface area contributed by atoms with Gasteiger partial charge in [-0.05, 0) is 18.2 Å². The minimum absolute atomic E-state index is 0.0990. The van der Waals surface area contributed by atoms with E-state index >= 15 is 0 Å². The maximum atomic E-state index is 10.6. The van der Waals surface area contributed by atoms with Gasteiger partial charge in [0.2, 0.25) is 5.91 Å². The zero-order valence-corrected chi connectivity index (χ0v) is 9.28. The molecule has 86 valence electrons. The van der Waals surface area contributed by atoms with Gasteiger partial charge < -0.3 is 15.6 Å². The molecular weight excluding hydrogens is 218 g/mol. The van der Waals surface area contributed by atoms with Crippen molar-refractivity contribution in [1.82, 2.24) is 10.5 Å². The molecule has 1 aromatic heterocycles. The molecule has 17 heavy (non-hydrogen) atoms. The molecule has 0 radical (unpaired) electrons. The Kier molecular flexibility index (Phi) is 2.97. The van der Waals surface area contributed by atoms with Crippen molar-refractivity contribution in [3.8, 4) is 11.8 Å². The fourth-order valence-corrected chi connectivity index (χ4v) is 1.35. The van der Waals surface area contributed by atoms with Crippen LogP contribution in [0.3, 0.4) is 0 Å². The standard InChI is InChI=1S/C12H11N3O2/c1-8(16)14-6-2-3-9-4-5-11-10(7-9)12(13)15-17-11/h4-5,7H,6H2,1H3,(H2,13,15)(H,14,16). The molecule has 3 N–H and O–H groups in total. The molecule has 0 aliphatic rings. The van der Waals surface area contributed by atoms with Crippen molar-refractivity contribution >= 4 is 22.7 Å². The number of hydrogen-bond acceptors (Lipinski definition) is 4. The fraction of sp³-hybridized carbons (Fsp3) is 0.167. The summed E-state index contributed by atoms with van der Waals surface area (Å²) >= 11 is 0. The van der Waals surface area contributed by atoms with E-state index in [9.17, 15) is 4.79 Å². The smallest absolute Gasteiger partial charge is 0.217 e. The van der Waals surface area contributed by atoms with Crippen LogP contribution in [0.1, 0.15) is 12.5 Å². The van der Waals surface area contributed by atoms with Gasteiger partial charge >= 0.3 is 0 Å². The van der Waals surface area contributed by atoms with Gasteiger partial charge in [-0.1, -0.05) is 17.0 Å². The summed E-state index contributed by atoms with van der Waals surface area (Å²) < 4.78 is 4.98. The first kappa shape index (κ1) is 11.0. The molecule has 0 spiro atoms. The number of carbonyl (C=O) groups is 1. The van der Waals surface area contributed by atoms with Crippen LogP contribution in [0.5, 0.6) is 0 Å². The predicted octanol–water partition coefficient (Wildman–Crippen LogP) is 0.898. The molecule has 0 aliphatic heterocycles. The largest absolute Gasteiger partial charge is 0.380 e. The zero-order valence-electron chi connectivity index (χ0n) is 9.28. The van der Waals surface area contributed by atoms with Gasteiger partial charge in [0, 0.05) is 12.5 Å². The van der Waals surface area contributed by atoms with Crippen molar-refractivity contribution in [2.24, 2.45) is 0 Å². The van der Waals surface area contributed by atoms with Gasteiger partial charge in [0.05, 0.1) is 11.9 Å². The van der Waals surface area contributed by atoms with E-state index in [-0.39, 0.29) is 5.91 Å². The van der Waals surface area contributed by atoms with Gasteiger partial charge in [0.25, 0.3) is 0 Å². The van der Waals surface area contributed by atoms with Gasteiger partial charge in [0.1, 0.15) is 0 Å². The molecule has 0 saturated carbocycles. The fourth-order valence-electron chi connectivity index (χ4n) is 1.35. The molecule has 1 aromatic carbocycles. The number of hydrogen-bond donors (Lipinski definition) is 2. The molecule has 0 unspecified atom stereocenters. The minimum Gasteiger partial charge on any atom is -0.380 e. The number of aromatic nitrogens is 1. The normalized spacial score (nSPS) is 9.71. The predicted molar refractivity (Wildman–Crippen MR) is 64.0 cm³/mol. The van der Waals surface area contributed by atoms with Crippen LogP contribution < -0.4 is 11.1 Å². The van der Waals surface area contributed by atoms with Gasteiger partial charge in [-0.3, -0.25) is 4.79 Å². The van der Waals surface area contributed by atoms with E-state index < -0.39 is 0 Å². The number of nitrogens with two attached hydrogens (primary N) is 1. The molecule has 1 amide bonds. The lowest BCUT2D eigenvalue weighted by Gasteiger charge is -1.92. The molecule has 1 heterocycles. The highest BCUT2D eigenvalue weighted by molar-refractivity contribution is 5.87. The van der Waals surface area contributed by atoms with E-state index in [2.05, 4.69) is 22.3 Å². The Morgan fingerprint density at radius 3 is 3.18 bits per heavy atom. The Hall–Kier alpha value is -2.48. The van der Waals surface area contributed by atoms with Crippen LogP contribution in [0.15, 0.2) is 22.7 Å². The second kappa shape index (κ2) is 4.58. The summed E-state index contributed by atoms with van der Waals surface area (Å²) in [5, 5.41) is 6.99. The Morgan fingerprint density at radius 1 is 1.59 bits per heavy atom. The number of fused-ring (bicyclic) bond motifs is 1. The Morgan fingerprint density at radius 2 is 2.41 bits per heavy atom. The molecule has 0 bridgehead atoms. The van der Waals surface area contributed by atoms with E-state index in [4.69, 9.17) is 10.3 Å². The number of carbonyl (C=O) groups excluding carboxylic acids is 1. The quantitative estimate of drug-likeness (QED) is 0.712. The Labute approximate surface area is 98.0 Å². The third-order valence-corrected chi connectivity index (χ3v) is 2.16. The van der Waals surface area contributed by atoms with Crippen molar-refractivity contribution in [3.63, 3.8) is 0 Å². The molecule has 2 rings (SSSR count). The van der Waals surface area contributed by atoms with Gasteiger partial charge in [-0.25, -0.2) is 0 Å². The van der Waals surface area contributed by atoms with E-state index in [1.165, 1.54) is 6.92 Å². The van der Waals surface area contributed by atoms with Gasteiger partial charge in [-0.15, -0.1) is 0 Å². The first-order valence-corrected chi connectivity index (χ1v) is 5.05. The van der Waals surface area contributed by atoms with E-state index in [0.29, 0.717) is 17.9 Å². The molecule has 2 aromatic rings. The number of nitrogen functional groups attached to an aromatic ring is 1. The topological polar surface area (TPSA) is 81.2 Å². The maximum absolute atomic E-state index is 10.6. The highest BCUT2D eigenvalue weighted by Gasteiger charge is 2.03. The molecular formula is C12H11N3O2. The van der Waals surface area contributed by atoms with E-state index in [0.717, 1.165) is 10.9 Å². The van der Waals surface area contributed by atoms with Crippen molar-refractivity contribution in [2.75, 3.05) is 12.3 Å². The van der Waals surface area contributed by atoms with Crippen LogP contribution in [-0.4, -0.2) is 17.6 Å². The third-order valence-electron chi connectivity index (χ3n) is 2.16. The van der Waals surface area contributed by atoms with Crippen LogP contribution >= 0.6 is 0 Å². The summed E-state index contributed by atoms with van der Waals surface area (Å²) in [5.74, 6) is 6.01. The number of rotatable bonds is 1. The van der Waals surface area contributed by atoms with Gasteiger partial charge in [-0.2, -0.15) is 0 Å². The van der Waals surface area contributed by atoms with Crippen LogP contribution in [0.2, 0.25) is 0 Å². The molecule has 0 saturated heterocycles. The van der Waals surface area contributed by atoms with Crippen LogP contribution in [-0.2, 0) is 4.79 Å². The number of nitrogens with zero attached hydrogens (tertiary/aromatic N) is 1. The van der Waals surface area contributed by atoms with Crippen molar-refractivity contribution in [1.29, 1.82) is 0 Å². The minimum atomic E-state index is -0.0990. The Balaban J connectivity index is 2.18. The first-order chi connectivity index (χ1) is 8.16. The molecule has 0 fully saturated rings. The van der Waals surface area contributed by atoms with Crippen molar-refractivity contribution in [3.05, 3.63) is 23.8 Å². The molecule has 5 nitrogen and oxygen atoms in total. The zero-order chi connectivity index (χ0) is 12.3. The van der Waals surface area contributed by atoms with E-state index in [1.54, 1.807) is 6.07 Å². The lowest BCUT2D eigenvalue weighted by molar-refractivity contribution is -0.118. The summed E-state index contributed by atoms with van der Waals surface area (Å²) in [6.07, 6.45) is 0. The van der Waals surface area contributed by atoms with Gasteiger partial charge in [0.15, 0.2) is 11.4 Å².